The first-order valence-electron chi connectivity index (χ1n) is 6.66. The van der Waals surface area contributed by atoms with Crippen LogP contribution >= 0.6 is 0 Å². The Morgan fingerprint density at radius 2 is 2.33 bits per heavy atom. The van der Waals surface area contributed by atoms with Gasteiger partial charge in [-0.25, -0.2) is 0 Å². The Labute approximate surface area is 109 Å². The molecule has 1 aliphatic rings. The Kier molecular flexibility index (Phi) is 4.31. The minimum absolute atomic E-state index is 0.626. The van der Waals surface area contributed by atoms with Crippen LogP contribution in [0.2, 0.25) is 0 Å². The molecule has 0 radical (unpaired) electrons. The third-order valence-corrected chi connectivity index (χ3v) is 3.69. The molecule has 0 amide bonds. The van der Waals surface area contributed by atoms with E-state index in [1.165, 1.54) is 19.4 Å². The lowest BCUT2D eigenvalue weighted by Gasteiger charge is -2.23. The highest BCUT2D eigenvalue weighted by atomic mass is 16.5. The van der Waals surface area contributed by atoms with Crippen molar-refractivity contribution < 1.29 is 4.74 Å². The Morgan fingerprint density at radius 1 is 1.50 bits per heavy atom. The van der Waals surface area contributed by atoms with Crippen LogP contribution in [0.4, 0.5) is 11.4 Å². The summed E-state index contributed by atoms with van der Waals surface area (Å²) < 4.78 is 5.22. The van der Waals surface area contributed by atoms with E-state index in [1.54, 1.807) is 7.11 Å². The second kappa shape index (κ2) is 5.96. The highest BCUT2D eigenvalue weighted by Crippen LogP contribution is 2.25. The fraction of sp³-hybridized carbons (Fsp3) is 0.571. The van der Waals surface area contributed by atoms with Gasteiger partial charge in [0.2, 0.25) is 0 Å². The lowest BCUT2D eigenvalue weighted by Crippen LogP contribution is -2.34. The summed E-state index contributed by atoms with van der Waals surface area (Å²) >= 11 is 0. The average Bonchev–Trinajstić information content (AvgIpc) is 2.85. The molecule has 0 saturated carbocycles. The summed E-state index contributed by atoms with van der Waals surface area (Å²) in [4.78, 5) is 2.52. The lowest BCUT2D eigenvalue weighted by molar-refractivity contribution is 0.277. The molecule has 1 aliphatic heterocycles. The number of nitrogens with two attached hydrogens (primary N) is 1. The van der Waals surface area contributed by atoms with Gasteiger partial charge in [0, 0.05) is 18.7 Å². The first-order valence-corrected chi connectivity index (χ1v) is 6.66. The number of hydrogen-bond donors (Lipinski definition) is 2. The zero-order valence-electron chi connectivity index (χ0n) is 11.3. The number of nitrogens with zero attached hydrogens (tertiary/aromatic N) is 1. The second-order valence-electron chi connectivity index (χ2n) is 4.76. The summed E-state index contributed by atoms with van der Waals surface area (Å²) in [6.45, 7) is 5.51. The summed E-state index contributed by atoms with van der Waals surface area (Å²) in [5.74, 6) is 0.838. The van der Waals surface area contributed by atoms with E-state index in [0.717, 1.165) is 30.2 Å². The predicted molar refractivity (Wildman–Crippen MR) is 76.2 cm³/mol. The van der Waals surface area contributed by atoms with Gasteiger partial charge >= 0.3 is 0 Å². The Morgan fingerprint density at radius 3 is 3.06 bits per heavy atom. The highest BCUT2D eigenvalue weighted by molar-refractivity contribution is 5.68. The van der Waals surface area contributed by atoms with Gasteiger partial charge in [0.05, 0.1) is 18.5 Å². The quantitative estimate of drug-likeness (QED) is 0.785. The normalized spacial score (nSPS) is 20.0. The number of nitrogens with one attached hydrogen (secondary N) is 1. The number of anilines is 2. The van der Waals surface area contributed by atoms with Crippen LogP contribution in [0.15, 0.2) is 18.2 Å². The van der Waals surface area contributed by atoms with Crippen molar-refractivity contribution in [2.75, 3.05) is 37.8 Å². The van der Waals surface area contributed by atoms with Crippen molar-refractivity contribution in [1.82, 2.24) is 4.90 Å². The number of likely N-dealkylation sites (tertiary alicyclic amines) is 1. The van der Waals surface area contributed by atoms with Gasteiger partial charge in [0.1, 0.15) is 5.75 Å². The van der Waals surface area contributed by atoms with Crippen molar-refractivity contribution in [2.24, 2.45) is 0 Å². The molecule has 0 aliphatic carbocycles. The van der Waals surface area contributed by atoms with Crippen LogP contribution in [0.25, 0.3) is 0 Å². The van der Waals surface area contributed by atoms with Gasteiger partial charge in [0.25, 0.3) is 0 Å². The molecule has 1 heterocycles. The molecular weight excluding hydrogens is 226 g/mol. The zero-order valence-corrected chi connectivity index (χ0v) is 11.3. The molecule has 0 spiro atoms. The zero-order chi connectivity index (χ0) is 13.0. The van der Waals surface area contributed by atoms with Crippen LogP contribution in [0, 0.1) is 0 Å². The highest BCUT2D eigenvalue weighted by Gasteiger charge is 2.22. The summed E-state index contributed by atoms with van der Waals surface area (Å²) in [6, 6.07) is 6.35. The van der Waals surface area contributed by atoms with Crippen molar-refractivity contribution in [1.29, 1.82) is 0 Å². The molecule has 4 nitrogen and oxygen atoms in total. The number of methoxy groups -OCH3 is 1. The minimum Gasteiger partial charge on any atom is -0.497 e. The van der Waals surface area contributed by atoms with E-state index < -0.39 is 0 Å². The molecule has 3 N–H and O–H groups in total. The summed E-state index contributed by atoms with van der Waals surface area (Å²) in [5.41, 5.74) is 7.71. The predicted octanol–water partition coefficient (Wildman–Crippen LogP) is 2.17. The standard InChI is InChI=1S/C14H23N3O/c1-3-17-8-4-5-11(17)10-16-14-9-12(18-2)6-7-13(14)15/h6-7,9,11,16H,3-5,8,10,15H2,1-2H3. The Balaban J connectivity index is 1.97. The van der Waals surface area contributed by atoms with Gasteiger partial charge < -0.3 is 15.8 Å². The molecule has 1 aromatic carbocycles. The van der Waals surface area contributed by atoms with Gasteiger partial charge in [-0.15, -0.1) is 0 Å². The van der Waals surface area contributed by atoms with Gasteiger partial charge in [0.15, 0.2) is 0 Å². The van der Waals surface area contributed by atoms with Crippen LogP contribution in [0.1, 0.15) is 19.8 Å². The fourth-order valence-corrected chi connectivity index (χ4v) is 2.59. The van der Waals surface area contributed by atoms with E-state index in [-0.39, 0.29) is 0 Å². The molecule has 100 valence electrons. The molecule has 18 heavy (non-hydrogen) atoms. The maximum Gasteiger partial charge on any atom is 0.121 e. The summed E-state index contributed by atoms with van der Waals surface area (Å²) in [5, 5.41) is 3.45. The van der Waals surface area contributed by atoms with E-state index in [9.17, 15) is 0 Å². The molecule has 1 fully saturated rings. The monoisotopic (exact) mass is 249 g/mol. The van der Waals surface area contributed by atoms with E-state index >= 15 is 0 Å². The number of ether oxygens (including phenoxy) is 1. The van der Waals surface area contributed by atoms with Gasteiger partial charge in [-0.3, -0.25) is 4.90 Å². The van der Waals surface area contributed by atoms with Crippen LogP contribution in [0.5, 0.6) is 5.75 Å². The molecule has 1 atom stereocenters. The average molecular weight is 249 g/mol. The third-order valence-electron chi connectivity index (χ3n) is 3.69. The SMILES string of the molecule is CCN1CCCC1CNc1cc(OC)ccc1N. The van der Waals surface area contributed by atoms with Crippen molar-refractivity contribution >= 4 is 11.4 Å². The van der Waals surface area contributed by atoms with E-state index in [4.69, 9.17) is 10.5 Å². The summed E-state index contributed by atoms with van der Waals surface area (Å²) in [7, 11) is 1.67. The number of likely N-dealkylation sites (N-methyl/N-ethyl adjacent to an activating group) is 1. The molecule has 1 aromatic rings. The number of nitrogen functional groups attached to an aromatic ring is 1. The number of benzene rings is 1. The van der Waals surface area contributed by atoms with Crippen LogP contribution in [0.3, 0.4) is 0 Å². The van der Waals surface area contributed by atoms with Crippen LogP contribution in [-0.2, 0) is 0 Å². The largest absolute Gasteiger partial charge is 0.497 e. The van der Waals surface area contributed by atoms with Gasteiger partial charge in [-0.1, -0.05) is 6.92 Å². The summed E-state index contributed by atoms with van der Waals surface area (Å²) in [6.07, 6.45) is 2.57. The molecular formula is C14H23N3O. The second-order valence-corrected chi connectivity index (χ2v) is 4.76. The van der Waals surface area contributed by atoms with Crippen molar-refractivity contribution in [2.45, 2.75) is 25.8 Å². The fourth-order valence-electron chi connectivity index (χ4n) is 2.59. The smallest absolute Gasteiger partial charge is 0.121 e. The van der Waals surface area contributed by atoms with E-state index in [1.807, 2.05) is 18.2 Å². The maximum absolute atomic E-state index is 5.96. The Bertz CT molecular complexity index is 395. The van der Waals surface area contributed by atoms with E-state index in [0.29, 0.717) is 6.04 Å². The lowest BCUT2D eigenvalue weighted by atomic mass is 10.2. The molecule has 2 rings (SSSR count). The van der Waals surface area contributed by atoms with Crippen LogP contribution < -0.4 is 15.8 Å². The first kappa shape index (κ1) is 13.0. The molecule has 1 unspecified atom stereocenters. The number of rotatable bonds is 5. The molecule has 1 saturated heterocycles. The van der Waals surface area contributed by atoms with Crippen molar-refractivity contribution in [3.63, 3.8) is 0 Å². The van der Waals surface area contributed by atoms with E-state index in [2.05, 4.69) is 17.1 Å². The minimum atomic E-state index is 0.626. The molecule has 4 heteroatoms. The van der Waals surface area contributed by atoms with Gasteiger partial charge in [-0.05, 0) is 38.1 Å². The topological polar surface area (TPSA) is 50.5 Å². The maximum atomic E-state index is 5.96. The Hall–Kier alpha value is -1.42. The third kappa shape index (κ3) is 2.88. The van der Waals surface area contributed by atoms with Crippen LogP contribution in [-0.4, -0.2) is 37.7 Å². The first-order chi connectivity index (χ1) is 8.74. The number of hydrogen-bond acceptors (Lipinski definition) is 4. The van der Waals surface area contributed by atoms with Gasteiger partial charge in [-0.2, -0.15) is 0 Å². The molecule has 0 aromatic heterocycles. The molecule has 0 bridgehead atoms. The van der Waals surface area contributed by atoms with Crippen molar-refractivity contribution in [3.8, 4) is 5.75 Å². The van der Waals surface area contributed by atoms with Crippen molar-refractivity contribution in [3.05, 3.63) is 18.2 Å².